The molecule has 1 aromatic heterocycles. The van der Waals surface area contributed by atoms with Crippen molar-refractivity contribution in [2.45, 2.75) is 13.5 Å². The molecule has 4 heteroatoms. The van der Waals surface area contributed by atoms with Crippen molar-refractivity contribution in [3.05, 3.63) is 52.1 Å². The molecule has 0 bridgehead atoms. The molecule has 18 heavy (non-hydrogen) atoms. The first-order chi connectivity index (χ1) is 8.58. The summed E-state index contributed by atoms with van der Waals surface area (Å²) in [7, 11) is 2.02. The molecular weight excluding hydrogens is 290 g/mol. The Hall–Kier alpha value is -1.55. The fourth-order valence-electron chi connectivity index (χ4n) is 1.84. The molecule has 94 valence electrons. The maximum absolute atomic E-state index is 5.69. The van der Waals surface area contributed by atoms with Gasteiger partial charge < -0.3 is 10.6 Å². The van der Waals surface area contributed by atoms with E-state index >= 15 is 0 Å². The minimum atomic E-state index is 0.662. The van der Waals surface area contributed by atoms with E-state index in [1.165, 1.54) is 11.1 Å². The van der Waals surface area contributed by atoms with Gasteiger partial charge in [-0.1, -0.05) is 24.3 Å². The number of benzene rings is 1. The third-order valence-electron chi connectivity index (χ3n) is 2.87. The molecule has 0 saturated carbocycles. The molecule has 0 aliphatic rings. The minimum Gasteiger partial charge on any atom is -0.397 e. The number of hydrogen-bond donors (Lipinski definition) is 1. The van der Waals surface area contributed by atoms with E-state index in [-0.39, 0.29) is 0 Å². The molecule has 0 atom stereocenters. The zero-order chi connectivity index (χ0) is 13.1. The molecule has 3 nitrogen and oxygen atoms in total. The molecule has 2 N–H and O–H groups in total. The van der Waals surface area contributed by atoms with Gasteiger partial charge in [-0.05, 0) is 40.0 Å². The lowest BCUT2D eigenvalue weighted by atomic mass is 10.1. The summed E-state index contributed by atoms with van der Waals surface area (Å²) in [6, 6.07) is 10.2. The summed E-state index contributed by atoms with van der Waals surface area (Å²) in [6.07, 6.45) is 1.68. The van der Waals surface area contributed by atoms with Gasteiger partial charge in [-0.25, -0.2) is 4.98 Å². The van der Waals surface area contributed by atoms with E-state index in [0.717, 1.165) is 16.8 Å². The third-order valence-corrected chi connectivity index (χ3v) is 3.46. The topological polar surface area (TPSA) is 42.2 Å². The van der Waals surface area contributed by atoms with E-state index in [0.29, 0.717) is 5.69 Å². The highest BCUT2D eigenvalue weighted by Gasteiger charge is 2.09. The van der Waals surface area contributed by atoms with E-state index in [1.807, 2.05) is 13.1 Å². The first-order valence-electron chi connectivity index (χ1n) is 5.74. The normalized spacial score (nSPS) is 10.4. The summed E-state index contributed by atoms with van der Waals surface area (Å²) in [5.74, 6) is 0.896. The van der Waals surface area contributed by atoms with Crippen molar-refractivity contribution in [1.82, 2.24) is 4.98 Å². The fourth-order valence-corrected chi connectivity index (χ4v) is 2.51. The summed E-state index contributed by atoms with van der Waals surface area (Å²) in [5.41, 5.74) is 8.94. The van der Waals surface area contributed by atoms with Gasteiger partial charge in [-0.3, -0.25) is 0 Å². The van der Waals surface area contributed by atoms with E-state index in [4.69, 9.17) is 5.73 Å². The number of aromatic nitrogens is 1. The van der Waals surface area contributed by atoms with Gasteiger partial charge in [0.2, 0.25) is 0 Å². The van der Waals surface area contributed by atoms with E-state index < -0.39 is 0 Å². The molecular formula is C14H16BrN3. The van der Waals surface area contributed by atoms with E-state index in [1.54, 1.807) is 6.20 Å². The van der Waals surface area contributed by atoms with Gasteiger partial charge in [0.25, 0.3) is 0 Å². The number of pyridine rings is 1. The standard InChI is InChI=1S/C14H16BrN3/c1-10-5-3-4-6-11(10)9-18(2)14-13(15)7-12(16)8-17-14/h3-8H,9,16H2,1-2H3. The number of nitrogens with two attached hydrogens (primary N) is 1. The predicted molar refractivity (Wildman–Crippen MR) is 79.6 cm³/mol. The van der Waals surface area contributed by atoms with Crippen molar-refractivity contribution >= 4 is 27.4 Å². The Bertz CT molecular complexity index is 554. The second-order valence-corrected chi connectivity index (χ2v) is 5.21. The zero-order valence-electron chi connectivity index (χ0n) is 10.5. The van der Waals surface area contributed by atoms with Gasteiger partial charge in [-0.15, -0.1) is 0 Å². The van der Waals surface area contributed by atoms with Crippen molar-refractivity contribution < 1.29 is 0 Å². The average Bonchev–Trinajstić information content (AvgIpc) is 2.32. The number of nitrogens with zero attached hydrogens (tertiary/aromatic N) is 2. The number of aryl methyl sites for hydroxylation is 1. The van der Waals surface area contributed by atoms with Crippen LogP contribution >= 0.6 is 15.9 Å². The van der Waals surface area contributed by atoms with Crippen LogP contribution in [0, 0.1) is 6.92 Å². The molecule has 0 aliphatic heterocycles. The highest BCUT2D eigenvalue weighted by atomic mass is 79.9. The second-order valence-electron chi connectivity index (χ2n) is 4.36. The summed E-state index contributed by atoms with van der Waals surface area (Å²) >= 11 is 3.50. The minimum absolute atomic E-state index is 0.662. The Morgan fingerprint density at radius 3 is 2.72 bits per heavy atom. The van der Waals surface area contributed by atoms with Crippen LogP contribution in [0.5, 0.6) is 0 Å². The lowest BCUT2D eigenvalue weighted by Crippen LogP contribution is -2.18. The van der Waals surface area contributed by atoms with Gasteiger partial charge in [0.15, 0.2) is 0 Å². The maximum atomic E-state index is 5.69. The van der Waals surface area contributed by atoms with Crippen LogP contribution in [-0.4, -0.2) is 12.0 Å². The Morgan fingerprint density at radius 2 is 2.06 bits per heavy atom. The molecule has 0 unspecified atom stereocenters. The van der Waals surface area contributed by atoms with Crippen LogP contribution in [0.15, 0.2) is 41.0 Å². The quantitative estimate of drug-likeness (QED) is 0.945. The Morgan fingerprint density at radius 1 is 1.33 bits per heavy atom. The van der Waals surface area contributed by atoms with Crippen LogP contribution in [0.25, 0.3) is 0 Å². The van der Waals surface area contributed by atoms with Gasteiger partial charge in [0.05, 0.1) is 16.4 Å². The molecule has 0 aliphatic carbocycles. The molecule has 2 aromatic rings. The first kappa shape index (κ1) is 12.9. The average molecular weight is 306 g/mol. The third kappa shape index (κ3) is 2.82. The summed E-state index contributed by atoms with van der Waals surface area (Å²) < 4.78 is 0.915. The van der Waals surface area contributed by atoms with Crippen molar-refractivity contribution in [2.75, 3.05) is 17.7 Å². The van der Waals surface area contributed by atoms with Crippen LogP contribution < -0.4 is 10.6 Å². The summed E-state index contributed by atoms with van der Waals surface area (Å²) in [6.45, 7) is 2.94. The summed E-state index contributed by atoms with van der Waals surface area (Å²) in [5, 5.41) is 0. The molecule has 1 aromatic carbocycles. The highest BCUT2D eigenvalue weighted by molar-refractivity contribution is 9.10. The Labute approximate surface area is 116 Å². The largest absolute Gasteiger partial charge is 0.397 e. The van der Waals surface area contributed by atoms with Gasteiger partial charge in [-0.2, -0.15) is 0 Å². The monoisotopic (exact) mass is 305 g/mol. The van der Waals surface area contributed by atoms with Crippen molar-refractivity contribution in [3.63, 3.8) is 0 Å². The van der Waals surface area contributed by atoms with Crippen molar-refractivity contribution in [3.8, 4) is 0 Å². The second kappa shape index (κ2) is 5.40. The number of anilines is 2. The lowest BCUT2D eigenvalue weighted by molar-refractivity contribution is 0.887. The van der Waals surface area contributed by atoms with Crippen LogP contribution in [0.4, 0.5) is 11.5 Å². The summed E-state index contributed by atoms with van der Waals surface area (Å²) in [4.78, 5) is 6.46. The number of halogens is 1. The number of hydrogen-bond acceptors (Lipinski definition) is 3. The smallest absolute Gasteiger partial charge is 0.143 e. The SMILES string of the molecule is Cc1ccccc1CN(C)c1ncc(N)cc1Br. The molecule has 0 saturated heterocycles. The van der Waals surface area contributed by atoms with Crippen LogP contribution in [0.3, 0.4) is 0 Å². The molecule has 0 fully saturated rings. The van der Waals surface area contributed by atoms with Crippen LogP contribution in [0.1, 0.15) is 11.1 Å². The molecule has 1 heterocycles. The zero-order valence-corrected chi connectivity index (χ0v) is 12.1. The van der Waals surface area contributed by atoms with Gasteiger partial charge in [0.1, 0.15) is 5.82 Å². The Balaban J connectivity index is 2.22. The molecule has 0 radical (unpaired) electrons. The lowest BCUT2D eigenvalue weighted by Gasteiger charge is -2.20. The highest BCUT2D eigenvalue weighted by Crippen LogP contribution is 2.26. The van der Waals surface area contributed by atoms with Gasteiger partial charge >= 0.3 is 0 Å². The molecule has 2 rings (SSSR count). The molecule has 0 amide bonds. The van der Waals surface area contributed by atoms with Crippen LogP contribution in [0.2, 0.25) is 0 Å². The van der Waals surface area contributed by atoms with Crippen molar-refractivity contribution in [1.29, 1.82) is 0 Å². The fraction of sp³-hybridized carbons (Fsp3) is 0.214. The van der Waals surface area contributed by atoms with E-state index in [2.05, 4.69) is 57.0 Å². The number of rotatable bonds is 3. The first-order valence-corrected chi connectivity index (χ1v) is 6.54. The predicted octanol–water partition coefficient (Wildman–Crippen LogP) is 3.37. The molecule has 0 spiro atoms. The maximum Gasteiger partial charge on any atom is 0.143 e. The van der Waals surface area contributed by atoms with Crippen molar-refractivity contribution in [2.24, 2.45) is 0 Å². The Kier molecular flexibility index (Phi) is 3.87. The van der Waals surface area contributed by atoms with Gasteiger partial charge in [0, 0.05) is 13.6 Å². The number of nitrogen functional groups attached to an aromatic ring is 1. The van der Waals surface area contributed by atoms with E-state index in [9.17, 15) is 0 Å². The van der Waals surface area contributed by atoms with Crippen LogP contribution in [-0.2, 0) is 6.54 Å².